The molecule has 1 N–H and O–H groups in total. The molecule has 0 fully saturated rings. The van der Waals surface area contributed by atoms with E-state index in [1.165, 1.54) is 0 Å². The van der Waals surface area contributed by atoms with Gasteiger partial charge < -0.3 is 5.32 Å². The van der Waals surface area contributed by atoms with Crippen LogP contribution in [0.5, 0.6) is 0 Å². The Labute approximate surface area is 137 Å². The molecule has 0 unspecified atom stereocenters. The average molecular weight is 326 g/mol. The van der Waals surface area contributed by atoms with Gasteiger partial charge in [0, 0.05) is 11.8 Å². The van der Waals surface area contributed by atoms with Crippen LogP contribution in [0.1, 0.15) is 18.1 Å². The number of carbonyl (C=O) groups is 1. The van der Waals surface area contributed by atoms with Crippen LogP contribution in [0.2, 0.25) is 0 Å². The average Bonchev–Trinajstić information content (AvgIpc) is 2.56. The van der Waals surface area contributed by atoms with Crippen LogP contribution >= 0.6 is 0 Å². The maximum Gasteiger partial charge on any atom is 0.287 e. The fourth-order valence-electron chi connectivity index (χ4n) is 2.14. The van der Waals surface area contributed by atoms with Crippen molar-refractivity contribution in [3.63, 3.8) is 0 Å². The van der Waals surface area contributed by atoms with E-state index in [0.717, 1.165) is 28.8 Å². The quantitative estimate of drug-likeness (QED) is 0.664. The van der Waals surface area contributed by atoms with Crippen molar-refractivity contribution in [3.8, 4) is 6.07 Å². The highest BCUT2D eigenvalue weighted by Gasteiger charge is 2.15. The van der Waals surface area contributed by atoms with Gasteiger partial charge in [-0.1, -0.05) is 19.1 Å². The molecule has 0 aliphatic rings. The third kappa shape index (κ3) is 3.84. The molecule has 0 radical (unpaired) electrons. The first-order chi connectivity index (χ1) is 11.4. The van der Waals surface area contributed by atoms with Crippen LogP contribution in [0.3, 0.4) is 0 Å². The second kappa shape index (κ2) is 7.19. The molecule has 2 rings (SSSR count). The molecular weight excluding hydrogens is 312 g/mol. The number of nitrogens with zero attached hydrogens (tertiary/aromatic N) is 3. The van der Waals surface area contributed by atoms with Crippen LogP contribution in [0, 0.1) is 21.4 Å². The van der Waals surface area contributed by atoms with E-state index < -0.39 is 28.6 Å². The molecule has 1 aromatic carbocycles. The lowest BCUT2D eigenvalue weighted by molar-refractivity contribution is -0.385. The Kier molecular flexibility index (Phi) is 5.06. The molecule has 0 saturated heterocycles. The zero-order chi connectivity index (χ0) is 17.7. The molecule has 0 atom stereocenters. The normalized spacial score (nSPS) is 10.0. The number of carbonyl (C=O) groups excluding carboxylic acids is 1. The van der Waals surface area contributed by atoms with Crippen molar-refractivity contribution >= 4 is 17.3 Å². The number of hydrogen-bond donors (Lipinski definition) is 1. The van der Waals surface area contributed by atoms with Crippen molar-refractivity contribution in [1.82, 2.24) is 4.57 Å². The molecule has 0 aliphatic carbocycles. The van der Waals surface area contributed by atoms with Crippen molar-refractivity contribution in [1.29, 1.82) is 5.26 Å². The number of pyridine rings is 1. The Morgan fingerprint density at radius 3 is 2.79 bits per heavy atom. The first-order valence-electron chi connectivity index (χ1n) is 7.12. The molecule has 0 bridgehead atoms. The van der Waals surface area contributed by atoms with Crippen LogP contribution in [0.15, 0.2) is 41.3 Å². The van der Waals surface area contributed by atoms with Gasteiger partial charge in [-0.2, -0.15) is 5.26 Å². The number of nitriles is 1. The van der Waals surface area contributed by atoms with E-state index in [-0.39, 0.29) is 5.56 Å². The van der Waals surface area contributed by atoms with Crippen LogP contribution in [0.4, 0.5) is 11.4 Å². The number of nitrogens with one attached hydrogen (secondary N) is 1. The third-order valence-electron chi connectivity index (χ3n) is 3.34. The minimum Gasteiger partial charge on any atom is -0.325 e. The number of aryl methyl sites for hydroxylation is 1. The molecule has 0 aliphatic heterocycles. The van der Waals surface area contributed by atoms with Crippen LogP contribution < -0.4 is 10.9 Å². The monoisotopic (exact) mass is 326 g/mol. The first kappa shape index (κ1) is 16.9. The molecule has 8 heteroatoms. The number of aromatic nitrogens is 1. The summed E-state index contributed by atoms with van der Waals surface area (Å²) < 4.78 is 0.857. The zero-order valence-electron chi connectivity index (χ0n) is 12.9. The maximum atomic E-state index is 12.1. The van der Waals surface area contributed by atoms with Gasteiger partial charge in [-0.25, -0.2) is 0 Å². The number of rotatable bonds is 5. The molecule has 122 valence electrons. The molecule has 2 aromatic rings. The van der Waals surface area contributed by atoms with Gasteiger partial charge in [0.05, 0.1) is 11.1 Å². The lowest BCUT2D eigenvalue weighted by atomic mass is 10.1. The van der Waals surface area contributed by atoms with Crippen LogP contribution in [0.25, 0.3) is 0 Å². The van der Waals surface area contributed by atoms with Gasteiger partial charge in [-0.05, 0) is 24.1 Å². The van der Waals surface area contributed by atoms with Gasteiger partial charge >= 0.3 is 0 Å². The van der Waals surface area contributed by atoms with Gasteiger partial charge in [-0.15, -0.1) is 0 Å². The summed E-state index contributed by atoms with van der Waals surface area (Å²) in [6.07, 6.45) is 1.75. The number of hydrogen-bond acceptors (Lipinski definition) is 5. The van der Waals surface area contributed by atoms with Crippen molar-refractivity contribution in [2.45, 2.75) is 19.9 Å². The summed E-state index contributed by atoms with van der Waals surface area (Å²) in [4.78, 5) is 34.2. The van der Waals surface area contributed by atoms with E-state index in [1.807, 2.05) is 13.0 Å². The SMILES string of the molecule is CCc1cccc(NC(=O)Cn2cc([N+](=O)[O-])cc(C#N)c2=O)c1. The lowest BCUT2D eigenvalue weighted by Crippen LogP contribution is -2.29. The minimum absolute atomic E-state index is 0.384. The number of nitro groups is 1. The summed E-state index contributed by atoms with van der Waals surface area (Å²) >= 11 is 0. The molecule has 1 amide bonds. The molecule has 8 nitrogen and oxygen atoms in total. The highest BCUT2D eigenvalue weighted by atomic mass is 16.6. The van der Waals surface area contributed by atoms with Crippen molar-refractivity contribution in [3.05, 3.63) is 68.1 Å². The van der Waals surface area contributed by atoms with Crippen LogP contribution in [-0.4, -0.2) is 15.4 Å². The summed E-state index contributed by atoms with van der Waals surface area (Å²) in [5, 5.41) is 22.4. The number of anilines is 1. The van der Waals surface area contributed by atoms with Gasteiger partial charge in [0.2, 0.25) is 5.91 Å². The van der Waals surface area contributed by atoms with E-state index in [2.05, 4.69) is 5.32 Å². The Hall–Kier alpha value is -3.47. The van der Waals surface area contributed by atoms with Crippen molar-refractivity contribution in [2.75, 3.05) is 5.32 Å². The topological polar surface area (TPSA) is 118 Å². The molecule has 0 spiro atoms. The predicted molar refractivity (Wildman–Crippen MR) is 86.5 cm³/mol. The molecule has 1 aromatic heterocycles. The molecular formula is C16H14N4O4. The van der Waals surface area contributed by atoms with Gasteiger partial charge in [-0.3, -0.25) is 24.3 Å². The van der Waals surface area contributed by atoms with Crippen LogP contribution in [-0.2, 0) is 17.8 Å². The molecule has 1 heterocycles. The van der Waals surface area contributed by atoms with Gasteiger partial charge in [0.25, 0.3) is 11.2 Å². The molecule has 24 heavy (non-hydrogen) atoms. The summed E-state index contributed by atoms with van der Waals surface area (Å²) in [7, 11) is 0. The standard InChI is InChI=1S/C16H14N4O4/c1-2-11-4-3-5-13(6-11)18-15(21)10-19-9-14(20(23)24)7-12(8-17)16(19)22/h3-7,9H,2,10H2,1H3,(H,18,21). The van der Waals surface area contributed by atoms with Gasteiger partial charge in [0.1, 0.15) is 18.2 Å². The fourth-order valence-corrected chi connectivity index (χ4v) is 2.14. The van der Waals surface area contributed by atoms with E-state index in [9.17, 15) is 19.7 Å². The number of benzene rings is 1. The first-order valence-corrected chi connectivity index (χ1v) is 7.12. The second-order valence-corrected chi connectivity index (χ2v) is 5.02. The van der Waals surface area contributed by atoms with Crippen molar-refractivity contribution in [2.24, 2.45) is 0 Å². The summed E-state index contributed by atoms with van der Waals surface area (Å²) in [5.41, 5.74) is 0.0443. The van der Waals surface area contributed by atoms with Gasteiger partial charge in [0.15, 0.2) is 0 Å². The second-order valence-electron chi connectivity index (χ2n) is 5.02. The van der Waals surface area contributed by atoms with Crippen molar-refractivity contribution < 1.29 is 9.72 Å². The van der Waals surface area contributed by atoms with E-state index in [0.29, 0.717) is 5.69 Å². The Morgan fingerprint density at radius 1 is 1.42 bits per heavy atom. The summed E-state index contributed by atoms with van der Waals surface area (Å²) in [6.45, 7) is 1.55. The van der Waals surface area contributed by atoms with E-state index >= 15 is 0 Å². The zero-order valence-corrected chi connectivity index (χ0v) is 12.9. The third-order valence-corrected chi connectivity index (χ3v) is 3.34. The Morgan fingerprint density at radius 2 is 2.17 bits per heavy atom. The minimum atomic E-state index is -0.749. The largest absolute Gasteiger partial charge is 0.325 e. The maximum absolute atomic E-state index is 12.1. The van der Waals surface area contributed by atoms with E-state index in [4.69, 9.17) is 5.26 Å². The summed E-state index contributed by atoms with van der Waals surface area (Å²) in [5.74, 6) is -0.519. The Balaban J connectivity index is 2.25. The lowest BCUT2D eigenvalue weighted by Gasteiger charge is -2.08. The number of amides is 1. The highest BCUT2D eigenvalue weighted by molar-refractivity contribution is 5.90. The Bertz CT molecular complexity index is 896. The molecule has 0 saturated carbocycles. The predicted octanol–water partition coefficient (Wildman–Crippen LogP) is 1.83. The highest BCUT2D eigenvalue weighted by Crippen LogP contribution is 2.12. The smallest absolute Gasteiger partial charge is 0.287 e. The fraction of sp³-hybridized carbons (Fsp3) is 0.188. The van der Waals surface area contributed by atoms with E-state index in [1.54, 1.807) is 24.3 Å². The summed E-state index contributed by atoms with van der Waals surface area (Å²) in [6, 6.07) is 9.70.